The molecule has 2 heterocycles. The molecule has 3 rings (SSSR count). The zero-order chi connectivity index (χ0) is 22.6. The van der Waals surface area contributed by atoms with Crippen LogP contribution in [0.5, 0.6) is 5.75 Å². The number of rotatable bonds is 6. The number of hydrogen-bond donors (Lipinski definition) is 1. The van der Waals surface area contributed by atoms with Crippen LogP contribution >= 0.6 is 12.4 Å². The molecule has 1 fully saturated rings. The Kier molecular flexibility index (Phi) is 8.66. The van der Waals surface area contributed by atoms with Gasteiger partial charge in [-0.05, 0) is 57.6 Å². The number of halogens is 1. The zero-order valence-electron chi connectivity index (χ0n) is 20.0. The number of aryl methyl sites for hydroxylation is 1. The SMILES string of the molecule is Cc1nc(CC2CCNCC2(C)C)nc(C(=O)OC(C)(C)C)c1OCc1ccccc1.Cl. The summed E-state index contributed by atoms with van der Waals surface area (Å²) in [7, 11) is 0. The first-order valence-corrected chi connectivity index (χ1v) is 11.0. The van der Waals surface area contributed by atoms with E-state index in [0.717, 1.165) is 31.5 Å². The number of benzene rings is 1. The third-order valence-corrected chi connectivity index (χ3v) is 5.68. The van der Waals surface area contributed by atoms with E-state index in [-0.39, 0.29) is 23.5 Å². The average molecular weight is 462 g/mol. The summed E-state index contributed by atoms with van der Waals surface area (Å²) in [6.07, 6.45) is 1.79. The first kappa shape index (κ1) is 26.1. The van der Waals surface area contributed by atoms with Gasteiger partial charge in [-0.15, -0.1) is 12.4 Å². The fraction of sp³-hybridized carbons (Fsp3) is 0.560. The molecule has 6 nitrogen and oxygen atoms in total. The Labute approximate surface area is 197 Å². The highest BCUT2D eigenvalue weighted by atomic mass is 35.5. The van der Waals surface area contributed by atoms with Gasteiger partial charge in [0.05, 0.1) is 5.69 Å². The van der Waals surface area contributed by atoms with E-state index in [1.807, 2.05) is 58.0 Å². The lowest BCUT2D eigenvalue weighted by molar-refractivity contribution is 0.00571. The number of nitrogens with zero attached hydrogens (tertiary/aromatic N) is 2. The second kappa shape index (κ2) is 10.6. The maximum Gasteiger partial charge on any atom is 0.361 e. The standard InChI is InChI=1S/C25H35N3O3.ClH/c1-17-22(30-15-18-10-8-7-9-11-18)21(23(29)31-24(2,3)4)28-20(27-17)14-19-12-13-26-16-25(19,5)6;/h7-11,19,26H,12-16H2,1-6H3;1H. The van der Waals surface area contributed by atoms with Gasteiger partial charge in [-0.25, -0.2) is 14.8 Å². The van der Waals surface area contributed by atoms with Gasteiger partial charge < -0.3 is 14.8 Å². The van der Waals surface area contributed by atoms with Crippen LogP contribution in [0.15, 0.2) is 30.3 Å². The Morgan fingerprint density at radius 2 is 1.88 bits per heavy atom. The van der Waals surface area contributed by atoms with Crippen LogP contribution in [0.1, 0.15) is 68.6 Å². The maximum absolute atomic E-state index is 13.0. The van der Waals surface area contributed by atoms with Gasteiger partial charge in [-0.3, -0.25) is 0 Å². The molecule has 0 saturated carbocycles. The first-order chi connectivity index (χ1) is 14.5. The fourth-order valence-electron chi connectivity index (χ4n) is 3.90. The number of nitrogens with one attached hydrogen (secondary N) is 1. The highest BCUT2D eigenvalue weighted by molar-refractivity contribution is 5.90. The monoisotopic (exact) mass is 461 g/mol. The van der Waals surface area contributed by atoms with Gasteiger partial charge in [-0.1, -0.05) is 44.2 Å². The minimum atomic E-state index is -0.621. The van der Waals surface area contributed by atoms with Crippen LogP contribution in [0.4, 0.5) is 0 Å². The summed E-state index contributed by atoms with van der Waals surface area (Å²) >= 11 is 0. The summed E-state index contributed by atoms with van der Waals surface area (Å²) in [4.78, 5) is 22.4. The summed E-state index contributed by atoms with van der Waals surface area (Å²) in [5, 5.41) is 3.46. The van der Waals surface area contributed by atoms with Gasteiger partial charge >= 0.3 is 5.97 Å². The van der Waals surface area contributed by atoms with Gasteiger partial charge in [0, 0.05) is 13.0 Å². The Balaban J connectivity index is 0.00000363. The Bertz CT molecular complexity index is 911. The molecule has 32 heavy (non-hydrogen) atoms. The lowest BCUT2D eigenvalue weighted by Gasteiger charge is -2.39. The number of carbonyl (C=O) groups is 1. The smallest absolute Gasteiger partial charge is 0.361 e. The van der Waals surface area contributed by atoms with Gasteiger partial charge in [0.15, 0.2) is 11.4 Å². The molecule has 1 aromatic carbocycles. The van der Waals surface area contributed by atoms with Crippen molar-refractivity contribution in [2.75, 3.05) is 13.1 Å². The van der Waals surface area contributed by atoms with Gasteiger partial charge in [-0.2, -0.15) is 0 Å². The molecule has 1 aromatic heterocycles. The Morgan fingerprint density at radius 1 is 1.19 bits per heavy atom. The molecular formula is C25H36ClN3O3. The average Bonchev–Trinajstić information content (AvgIpc) is 2.68. The summed E-state index contributed by atoms with van der Waals surface area (Å²) < 4.78 is 11.7. The minimum absolute atomic E-state index is 0. The van der Waals surface area contributed by atoms with Crippen LogP contribution in [0.25, 0.3) is 0 Å². The van der Waals surface area contributed by atoms with Crippen molar-refractivity contribution in [3.05, 3.63) is 53.1 Å². The Hall–Kier alpha value is -2.18. The fourth-order valence-corrected chi connectivity index (χ4v) is 3.90. The van der Waals surface area contributed by atoms with E-state index in [1.54, 1.807) is 0 Å². The van der Waals surface area contributed by atoms with Crippen molar-refractivity contribution in [3.63, 3.8) is 0 Å². The number of ether oxygens (including phenoxy) is 2. The van der Waals surface area contributed by atoms with Crippen molar-refractivity contribution in [1.29, 1.82) is 0 Å². The number of piperidine rings is 1. The summed E-state index contributed by atoms with van der Waals surface area (Å²) in [6.45, 7) is 14.2. The van der Waals surface area contributed by atoms with E-state index in [0.29, 0.717) is 29.8 Å². The minimum Gasteiger partial charge on any atom is -0.484 e. The topological polar surface area (TPSA) is 73.3 Å². The molecule has 0 bridgehead atoms. The zero-order valence-corrected chi connectivity index (χ0v) is 20.8. The van der Waals surface area contributed by atoms with Crippen molar-refractivity contribution in [2.24, 2.45) is 11.3 Å². The molecule has 2 aromatic rings. The van der Waals surface area contributed by atoms with Crippen LogP contribution < -0.4 is 10.1 Å². The van der Waals surface area contributed by atoms with Crippen molar-refractivity contribution in [1.82, 2.24) is 15.3 Å². The van der Waals surface area contributed by atoms with E-state index in [2.05, 4.69) is 24.1 Å². The quantitative estimate of drug-likeness (QED) is 0.615. The second-order valence-electron chi connectivity index (χ2n) is 10.0. The third-order valence-electron chi connectivity index (χ3n) is 5.68. The molecule has 0 aliphatic carbocycles. The van der Waals surface area contributed by atoms with Crippen LogP contribution in [-0.4, -0.2) is 34.6 Å². The highest BCUT2D eigenvalue weighted by Crippen LogP contribution is 2.34. The molecule has 0 radical (unpaired) electrons. The predicted molar refractivity (Wildman–Crippen MR) is 128 cm³/mol. The molecular weight excluding hydrogens is 426 g/mol. The molecule has 176 valence electrons. The lowest BCUT2D eigenvalue weighted by Crippen LogP contribution is -2.43. The third kappa shape index (κ3) is 6.91. The van der Waals surface area contributed by atoms with E-state index < -0.39 is 11.6 Å². The summed E-state index contributed by atoms with van der Waals surface area (Å²) in [5.41, 5.74) is 1.40. The maximum atomic E-state index is 13.0. The largest absolute Gasteiger partial charge is 0.484 e. The number of esters is 1. The van der Waals surface area contributed by atoms with Gasteiger partial charge in [0.2, 0.25) is 0 Å². The second-order valence-corrected chi connectivity index (χ2v) is 10.0. The van der Waals surface area contributed by atoms with Crippen LogP contribution in [0.3, 0.4) is 0 Å². The lowest BCUT2D eigenvalue weighted by atomic mass is 9.73. The van der Waals surface area contributed by atoms with Crippen molar-refractivity contribution < 1.29 is 14.3 Å². The van der Waals surface area contributed by atoms with E-state index in [4.69, 9.17) is 14.5 Å². The highest BCUT2D eigenvalue weighted by Gasteiger charge is 2.34. The number of aromatic nitrogens is 2. The van der Waals surface area contributed by atoms with Crippen LogP contribution in [-0.2, 0) is 17.8 Å². The number of hydrogen-bond acceptors (Lipinski definition) is 6. The first-order valence-electron chi connectivity index (χ1n) is 11.0. The molecule has 1 aliphatic heterocycles. The van der Waals surface area contributed by atoms with Crippen molar-refractivity contribution in [2.45, 2.75) is 66.6 Å². The van der Waals surface area contributed by atoms with Gasteiger partial charge in [0.25, 0.3) is 0 Å². The summed E-state index contributed by atoms with van der Waals surface area (Å²) in [6, 6.07) is 9.84. The molecule has 1 N–H and O–H groups in total. The van der Waals surface area contributed by atoms with E-state index >= 15 is 0 Å². The normalized spacial score (nSPS) is 17.9. The predicted octanol–water partition coefficient (Wildman–Crippen LogP) is 4.92. The van der Waals surface area contributed by atoms with E-state index in [9.17, 15) is 4.79 Å². The molecule has 0 amide bonds. The molecule has 1 unspecified atom stereocenters. The molecule has 1 saturated heterocycles. The van der Waals surface area contributed by atoms with E-state index in [1.165, 1.54) is 0 Å². The molecule has 1 atom stereocenters. The van der Waals surface area contributed by atoms with Crippen LogP contribution in [0.2, 0.25) is 0 Å². The van der Waals surface area contributed by atoms with Crippen molar-refractivity contribution >= 4 is 18.4 Å². The molecule has 1 aliphatic rings. The molecule has 7 heteroatoms. The van der Waals surface area contributed by atoms with Gasteiger partial charge in [0.1, 0.15) is 18.0 Å². The Morgan fingerprint density at radius 3 is 2.50 bits per heavy atom. The van der Waals surface area contributed by atoms with Crippen LogP contribution in [0, 0.1) is 18.3 Å². The van der Waals surface area contributed by atoms with Crippen molar-refractivity contribution in [3.8, 4) is 5.75 Å². The molecule has 0 spiro atoms. The number of carbonyl (C=O) groups excluding carboxylic acids is 1. The summed E-state index contributed by atoms with van der Waals surface area (Å²) in [5.74, 6) is 1.03.